The molecule has 0 spiro atoms. The van der Waals surface area contributed by atoms with Gasteiger partial charge in [0.1, 0.15) is 0 Å². The minimum Gasteiger partial charge on any atom is -0.282 e. The summed E-state index contributed by atoms with van der Waals surface area (Å²) in [6.45, 7) is 0. The lowest BCUT2D eigenvalue weighted by molar-refractivity contribution is -0.264. The van der Waals surface area contributed by atoms with Gasteiger partial charge in [-0.3, -0.25) is 4.74 Å². The summed E-state index contributed by atoms with van der Waals surface area (Å²) in [4.78, 5) is 0. The number of ether oxygens (including phenoxy) is 1. The summed E-state index contributed by atoms with van der Waals surface area (Å²) >= 11 is 18.2. The number of hydrogen-bond donors (Lipinski definition) is 0. The second-order valence-corrected chi connectivity index (χ2v) is 3.64. The third-order valence-electron chi connectivity index (χ3n) is 0.567. The Bertz CT molecular complexity index is 133. The van der Waals surface area contributed by atoms with Gasteiger partial charge in [-0.2, -0.15) is 13.2 Å². The fourth-order valence-electron chi connectivity index (χ4n) is 0.179. The molecule has 0 atom stereocenters. The van der Waals surface area contributed by atoms with E-state index >= 15 is 0 Å². The summed E-state index contributed by atoms with van der Waals surface area (Å²) in [5.74, 6) is 0. The van der Waals surface area contributed by atoms with Gasteiger partial charge in [-0.15, -0.1) is 0 Å². The Labute approximate surface area is 80.3 Å². The Morgan fingerprint density at radius 1 is 1.09 bits per heavy atom. The van der Waals surface area contributed by atoms with E-state index in [4.69, 9.17) is 23.2 Å². The van der Waals surface area contributed by atoms with Gasteiger partial charge >= 0.3 is 10.7 Å². The van der Waals surface area contributed by atoms with E-state index < -0.39 is 15.7 Å². The third kappa shape index (κ3) is 3.90. The highest BCUT2D eigenvalue weighted by Crippen LogP contribution is 2.42. The summed E-state index contributed by atoms with van der Waals surface area (Å²) in [5, 5.41) is -1.90. The molecule has 0 aliphatic carbocycles. The molecule has 1 nitrogen and oxygen atoms in total. The molecule has 68 valence electrons. The SMILES string of the molecule is FC(Cl)(Cl)C(F)(F)OC(Cl)Cl. The zero-order valence-electron chi connectivity index (χ0n) is 4.63. The monoisotopic (exact) mass is 250 g/mol. The molecule has 0 aliphatic rings. The average molecular weight is 252 g/mol. The predicted octanol–water partition coefficient (Wildman–Crippen LogP) is 3.46. The molecule has 0 N–H and O–H groups in total. The Morgan fingerprint density at radius 2 is 1.45 bits per heavy atom. The number of alkyl halides is 7. The van der Waals surface area contributed by atoms with Crippen LogP contribution in [0.1, 0.15) is 0 Å². The van der Waals surface area contributed by atoms with E-state index in [1.807, 2.05) is 0 Å². The van der Waals surface area contributed by atoms with Crippen LogP contribution < -0.4 is 0 Å². The first-order chi connectivity index (χ1) is 4.67. The predicted molar refractivity (Wildman–Crippen MR) is 37.1 cm³/mol. The Kier molecular flexibility index (Phi) is 4.06. The molecular formula is C3HCl4F3O. The van der Waals surface area contributed by atoms with Crippen LogP contribution in [0, 0.1) is 0 Å². The van der Waals surface area contributed by atoms with E-state index in [2.05, 4.69) is 27.9 Å². The van der Waals surface area contributed by atoms with Crippen molar-refractivity contribution in [2.45, 2.75) is 15.7 Å². The minimum absolute atomic E-state index is 1.90. The molecule has 0 aromatic carbocycles. The zero-order chi connectivity index (χ0) is 9.28. The van der Waals surface area contributed by atoms with Crippen molar-refractivity contribution in [1.82, 2.24) is 0 Å². The van der Waals surface area contributed by atoms with Crippen LogP contribution in [0.3, 0.4) is 0 Å². The van der Waals surface area contributed by atoms with Crippen molar-refractivity contribution in [1.29, 1.82) is 0 Å². The number of hydrogen-bond acceptors (Lipinski definition) is 1. The molecule has 0 fully saturated rings. The van der Waals surface area contributed by atoms with Gasteiger partial charge in [-0.1, -0.05) is 46.4 Å². The van der Waals surface area contributed by atoms with E-state index in [9.17, 15) is 13.2 Å². The summed E-state index contributed by atoms with van der Waals surface area (Å²) in [6.07, 6.45) is -4.44. The van der Waals surface area contributed by atoms with Gasteiger partial charge in [0.15, 0.2) is 0 Å². The van der Waals surface area contributed by atoms with Crippen LogP contribution in [-0.2, 0) is 4.74 Å². The maximum atomic E-state index is 12.2. The largest absolute Gasteiger partial charge is 0.420 e. The van der Waals surface area contributed by atoms with E-state index in [0.717, 1.165) is 0 Å². The lowest BCUT2D eigenvalue weighted by Crippen LogP contribution is -2.38. The van der Waals surface area contributed by atoms with E-state index in [1.54, 1.807) is 0 Å². The molecule has 0 bridgehead atoms. The lowest BCUT2D eigenvalue weighted by atomic mass is 10.7. The molecule has 0 aliphatic heterocycles. The van der Waals surface area contributed by atoms with Crippen LogP contribution in [0.15, 0.2) is 0 Å². The molecule has 0 rings (SSSR count). The van der Waals surface area contributed by atoms with Crippen LogP contribution in [0.5, 0.6) is 0 Å². The van der Waals surface area contributed by atoms with Crippen LogP contribution >= 0.6 is 46.4 Å². The second-order valence-electron chi connectivity index (χ2n) is 1.39. The molecule has 0 radical (unpaired) electrons. The standard InChI is InChI=1S/C3HCl4F3O/c4-1(5)11-3(9,10)2(6,7)8/h1H. The van der Waals surface area contributed by atoms with Crippen LogP contribution in [0.25, 0.3) is 0 Å². The average Bonchev–Trinajstić information content (AvgIpc) is 1.56. The quantitative estimate of drug-likeness (QED) is 0.698. The van der Waals surface area contributed by atoms with Crippen molar-refractivity contribution < 1.29 is 17.9 Å². The summed E-state index contributed by atoms with van der Waals surface area (Å²) < 4.78 is 35.9. The second kappa shape index (κ2) is 3.75. The molecule has 0 amide bonds. The zero-order valence-corrected chi connectivity index (χ0v) is 7.66. The Hall–Kier alpha value is 0.910. The van der Waals surface area contributed by atoms with Crippen LogP contribution in [-0.4, -0.2) is 15.7 Å². The molecule has 0 unspecified atom stereocenters. The van der Waals surface area contributed by atoms with Crippen LogP contribution in [0.2, 0.25) is 0 Å². The Morgan fingerprint density at radius 3 is 1.55 bits per heavy atom. The van der Waals surface area contributed by atoms with E-state index in [1.165, 1.54) is 0 Å². The smallest absolute Gasteiger partial charge is 0.282 e. The van der Waals surface area contributed by atoms with Crippen molar-refractivity contribution in [2.24, 2.45) is 0 Å². The molecule has 8 heteroatoms. The first kappa shape index (κ1) is 11.9. The van der Waals surface area contributed by atoms with Gasteiger partial charge < -0.3 is 0 Å². The van der Waals surface area contributed by atoms with Gasteiger partial charge in [0.05, 0.1) is 0 Å². The molecule has 0 aromatic heterocycles. The molecule has 0 aromatic rings. The van der Waals surface area contributed by atoms with Gasteiger partial charge in [0.25, 0.3) is 0 Å². The van der Waals surface area contributed by atoms with Crippen molar-refractivity contribution in [3.05, 3.63) is 0 Å². The summed E-state index contributed by atoms with van der Waals surface area (Å²) in [7, 11) is 0. The van der Waals surface area contributed by atoms with Gasteiger partial charge in [0.2, 0.25) is 5.02 Å². The van der Waals surface area contributed by atoms with Crippen molar-refractivity contribution >= 4 is 46.4 Å². The van der Waals surface area contributed by atoms with Crippen molar-refractivity contribution in [3.63, 3.8) is 0 Å². The first-order valence-corrected chi connectivity index (χ1v) is 3.70. The topological polar surface area (TPSA) is 9.23 Å². The van der Waals surface area contributed by atoms with Gasteiger partial charge in [-0.05, 0) is 0 Å². The van der Waals surface area contributed by atoms with Crippen LogP contribution in [0.4, 0.5) is 13.2 Å². The highest BCUT2D eigenvalue weighted by atomic mass is 35.5. The van der Waals surface area contributed by atoms with Crippen molar-refractivity contribution in [2.75, 3.05) is 0 Å². The fourth-order valence-corrected chi connectivity index (χ4v) is 0.492. The van der Waals surface area contributed by atoms with Gasteiger partial charge in [0, 0.05) is 0 Å². The highest BCUT2D eigenvalue weighted by Gasteiger charge is 2.55. The molecule has 11 heavy (non-hydrogen) atoms. The van der Waals surface area contributed by atoms with Crippen molar-refractivity contribution in [3.8, 4) is 0 Å². The fraction of sp³-hybridized carbons (Fsp3) is 1.00. The molecule has 0 heterocycles. The third-order valence-corrected chi connectivity index (χ3v) is 1.19. The normalized spacial score (nSPS) is 14.2. The lowest BCUT2D eigenvalue weighted by Gasteiger charge is -2.22. The van der Waals surface area contributed by atoms with Gasteiger partial charge in [-0.25, -0.2) is 0 Å². The van der Waals surface area contributed by atoms with E-state index in [-0.39, 0.29) is 0 Å². The minimum atomic E-state index is -4.44. The van der Waals surface area contributed by atoms with E-state index in [0.29, 0.717) is 0 Å². The maximum Gasteiger partial charge on any atom is 0.420 e. The molecule has 0 saturated heterocycles. The summed E-state index contributed by atoms with van der Waals surface area (Å²) in [5.41, 5.74) is 0. The highest BCUT2D eigenvalue weighted by molar-refractivity contribution is 6.48. The first-order valence-electron chi connectivity index (χ1n) is 2.07. The summed E-state index contributed by atoms with van der Waals surface area (Å²) in [6, 6.07) is 0. The molecule has 0 saturated carbocycles. The number of rotatable bonds is 3. The maximum absolute atomic E-state index is 12.2. The number of halogens is 7. The Balaban J connectivity index is 4.22. The molecular weight excluding hydrogens is 251 g/mol.